The highest BCUT2D eigenvalue weighted by atomic mass is 32.2. The Balaban J connectivity index is 1.47. The monoisotopic (exact) mass is 453 g/mol. The first-order valence-corrected chi connectivity index (χ1v) is 12.2. The fourth-order valence-electron chi connectivity index (χ4n) is 4.94. The summed E-state index contributed by atoms with van der Waals surface area (Å²) in [6.45, 7) is 3.71. The lowest BCUT2D eigenvalue weighted by Gasteiger charge is -2.34. The lowest BCUT2D eigenvalue weighted by molar-refractivity contribution is 0.158. The van der Waals surface area contributed by atoms with Gasteiger partial charge < -0.3 is 14.4 Å². The molecule has 2 heterocycles. The minimum absolute atomic E-state index is 0.160. The fraction of sp³-hybridized carbons (Fsp3) is 0.375. The lowest BCUT2D eigenvalue weighted by Crippen LogP contribution is -2.42. The second-order valence-electron chi connectivity index (χ2n) is 8.81. The van der Waals surface area contributed by atoms with Crippen LogP contribution in [-0.2, 0) is 22.0 Å². The van der Waals surface area contributed by atoms with E-state index in [0.717, 1.165) is 36.6 Å². The summed E-state index contributed by atoms with van der Waals surface area (Å²) in [6.07, 6.45) is 5.34. The van der Waals surface area contributed by atoms with Gasteiger partial charge in [0.1, 0.15) is 6.10 Å². The molecule has 168 valence electrons. The Morgan fingerprint density at radius 1 is 1.22 bits per heavy atom. The number of sulfonamides is 1. The van der Waals surface area contributed by atoms with Gasteiger partial charge in [-0.1, -0.05) is 29.8 Å². The molecule has 0 fully saturated rings. The molecule has 0 aromatic heterocycles. The topological polar surface area (TPSA) is 80.2 Å². The smallest absolute Gasteiger partial charge is 0.276 e. The second-order valence-corrected chi connectivity index (χ2v) is 10.5. The van der Waals surface area contributed by atoms with Crippen molar-refractivity contribution in [2.75, 3.05) is 20.7 Å². The molecule has 2 aromatic rings. The highest BCUT2D eigenvalue weighted by Crippen LogP contribution is 2.55. The first-order valence-electron chi connectivity index (χ1n) is 10.7. The van der Waals surface area contributed by atoms with E-state index in [0.29, 0.717) is 12.1 Å². The molecule has 0 bridgehead atoms. The normalized spacial score (nSPS) is 25.6. The number of rotatable bonds is 4. The number of aryl methyl sites for hydroxylation is 1. The largest absolute Gasteiger partial charge is 0.493 e. The van der Waals surface area contributed by atoms with Crippen molar-refractivity contribution >= 4 is 15.7 Å². The van der Waals surface area contributed by atoms with Crippen LogP contribution in [-0.4, -0.2) is 45.8 Å². The highest BCUT2D eigenvalue weighted by Gasteiger charge is 2.52. The van der Waals surface area contributed by atoms with Crippen LogP contribution < -0.4 is 14.3 Å². The van der Waals surface area contributed by atoms with Crippen LogP contribution in [0.15, 0.2) is 58.5 Å². The van der Waals surface area contributed by atoms with Crippen LogP contribution in [0.4, 0.5) is 0 Å². The molecule has 32 heavy (non-hydrogen) atoms. The molecular weight excluding hydrogens is 426 g/mol. The third-order valence-electron chi connectivity index (χ3n) is 6.68. The lowest BCUT2D eigenvalue weighted by atomic mass is 9.69. The molecule has 7 nitrogen and oxygen atoms in total. The van der Waals surface area contributed by atoms with Crippen LogP contribution in [0.5, 0.6) is 11.5 Å². The van der Waals surface area contributed by atoms with E-state index in [2.05, 4.69) is 34.0 Å². The third-order valence-corrected chi connectivity index (χ3v) is 7.91. The molecule has 2 aromatic carbocycles. The summed E-state index contributed by atoms with van der Waals surface area (Å²) in [4.78, 5) is 4.89. The van der Waals surface area contributed by atoms with E-state index >= 15 is 0 Å². The first-order chi connectivity index (χ1) is 15.3. The minimum atomic E-state index is -3.73. The number of nitrogens with one attached hydrogen (secondary N) is 1. The van der Waals surface area contributed by atoms with Gasteiger partial charge in [0.2, 0.25) is 0 Å². The number of methoxy groups -OCH3 is 1. The highest BCUT2D eigenvalue weighted by molar-refractivity contribution is 7.89. The zero-order valence-electron chi connectivity index (χ0n) is 18.5. The van der Waals surface area contributed by atoms with Crippen LogP contribution in [0, 0.1) is 6.92 Å². The van der Waals surface area contributed by atoms with Gasteiger partial charge >= 0.3 is 0 Å². The van der Waals surface area contributed by atoms with Crippen LogP contribution in [0.2, 0.25) is 0 Å². The van der Waals surface area contributed by atoms with Crippen molar-refractivity contribution in [2.24, 2.45) is 5.10 Å². The summed E-state index contributed by atoms with van der Waals surface area (Å²) < 4.78 is 37.3. The average Bonchev–Trinajstić information content (AvgIpc) is 3.04. The Labute approximate surface area is 188 Å². The van der Waals surface area contributed by atoms with E-state index in [-0.39, 0.29) is 16.4 Å². The zero-order valence-corrected chi connectivity index (χ0v) is 19.3. The molecule has 1 N–H and O–H groups in total. The maximum atomic E-state index is 12.6. The Bertz CT molecular complexity index is 1220. The molecule has 0 saturated carbocycles. The quantitative estimate of drug-likeness (QED) is 0.720. The van der Waals surface area contributed by atoms with Crippen LogP contribution in [0.1, 0.15) is 29.5 Å². The Kier molecular flexibility index (Phi) is 5.02. The number of nitrogens with zero attached hydrogens (tertiary/aromatic N) is 2. The minimum Gasteiger partial charge on any atom is -0.493 e. The van der Waals surface area contributed by atoms with Crippen molar-refractivity contribution in [3.05, 3.63) is 65.2 Å². The number of hydrogen-bond acceptors (Lipinski definition) is 6. The van der Waals surface area contributed by atoms with E-state index in [4.69, 9.17) is 9.47 Å². The van der Waals surface area contributed by atoms with E-state index < -0.39 is 10.0 Å². The van der Waals surface area contributed by atoms with Crippen molar-refractivity contribution in [3.8, 4) is 11.5 Å². The first kappa shape index (κ1) is 21.0. The molecule has 2 atom stereocenters. The summed E-state index contributed by atoms with van der Waals surface area (Å²) in [6, 6.07) is 10.8. The van der Waals surface area contributed by atoms with Gasteiger partial charge in [-0.05, 0) is 56.8 Å². The SMILES string of the molecule is COc1ccc2c3c1OC1C/C(=N/NS(=O)(=O)c4ccc(C)cc4)C=CC31CCN(C)C2. The van der Waals surface area contributed by atoms with Gasteiger partial charge in [0.05, 0.1) is 23.1 Å². The van der Waals surface area contributed by atoms with Gasteiger partial charge in [-0.2, -0.15) is 18.4 Å². The van der Waals surface area contributed by atoms with Gasteiger partial charge in [0.25, 0.3) is 10.0 Å². The Morgan fingerprint density at radius 2 is 2.00 bits per heavy atom. The zero-order chi connectivity index (χ0) is 22.5. The molecule has 1 aliphatic carbocycles. The molecule has 2 unspecified atom stereocenters. The van der Waals surface area contributed by atoms with Crippen LogP contribution >= 0.6 is 0 Å². The maximum Gasteiger partial charge on any atom is 0.276 e. The van der Waals surface area contributed by atoms with Crippen LogP contribution in [0.25, 0.3) is 0 Å². The van der Waals surface area contributed by atoms with Gasteiger partial charge in [0, 0.05) is 18.5 Å². The second kappa shape index (κ2) is 7.64. The summed E-state index contributed by atoms with van der Waals surface area (Å²) in [5.74, 6) is 1.53. The Morgan fingerprint density at radius 3 is 2.75 bits per heavy atom. The number of ether oxygens (including phenoxy) is 2. The van der Waals surface area contributed by atoms with E-state index in [9.17, 15) is 8.42 Å². The summed E-state index contributed by atoms with van der Waals surface area (Å²) in [7, 11) is 0.0517. The van der Waals surface area contributed by atoms with E-state index in [1.165, 1.54) is 11.1 Å². The van der Waals surface area contributed by atoms with Crippen molar-refractivity contribution in [1.29, 1.82) is 0 Å². The van der Waals surface area contributed by atoms with E-state index in [1.54, 1.807) is 31.4 Å². The van der Waals surface area contributed by atoms with Crippen molar-refractivity contribution in [1.82, 2.24) is 9.73 Å². The number of hydrogen-bond donors (Lipinski definition) is 1. The molecule has 1 spiro atoms. The van der Waals surface area contributed by atoms with Crippen molar-refractivity contribution in [2.45, 2.75) is 42.7 Å². The fourth-order valence-corrected chi connectivity index (χ4v) is 5.77. The van der Waals surface area contributed by atoms with Gasteiger partial charge in [0.15, 0.2) is 11.5 Å². The van der Waals surface area contributed by atoms with E-state index in [1.807, 2.05) is 19.1 Å². The molecule has 0 amide bonds. The molecule has 5 rings (SSSR count). The number of allylic oxidation sites excluding steroid dienone is 1. The van der Waals surface area contributed by atoms with Gasteiger partial charge in [-0.15, -0.1) is 0 Å². The molecule has 0 saturated heterocycles. The van der Waals surface area contributed by atoms with Crippen molar-refractivity contribution < 1.29 is 17.9 Å². The number of benzene rings is 2. The van der Waals surface area contributed by atoms with Gasteiger partial charge in [-0.25, -0.2) is 0 Å². The predicted molar refractivity (Wildman–Crippen MR) is 123 cm³/mol. The summed E-state index contributed by atoms with van der Waals surface area (Å²) >= 11 is 0. The molecule has 2 aliphatic heterocycles. The van der Waals surface area contributed by atoms with Crippen molar-refractivity contribution in [3.63, 3.8) is 0 Å². The summed E-state index contributed by atoms with van der Waals surface area (Å²) in [5.41, 5.74) is 3.81. The molecule has 8 heteroatoms. The maximum absolute atomic E-state index is 12.6. The average molecular weight is 454 g/mol. The third kappa shape index (κ3) is 3.38. The van der Waals surface area contributed by atoms with Gasteiger partial charge in [-0.3, -0.25) is 0 Å². The molecule has 3 aliphatic rings. The standard InChI is InChI=1S/C24H27N3O4S/c1-16-4-7-19(8-5-16)32(28,29)26-25-18-10-11-24-12-13-27(2)15-17-6-9-20(30-3)23(22(17)24)31-21(24)14-18/h4-11,21,26H,12-15H2,1-3H3/b25-18+. The molecular formula is C24H27N3O4S. The molecule has 0 radical (unpaired) electrons. The number of hydrazone groups is 1. The predicted octanol–water partition coefficient (Wildman–Crippen LogP) is 3.13. The van der Waals surface area contributed by atoms with Crippen LogP contribution in [0.3, 0.4) is 0 Å². The Hall–Kier alpha value is -2.84. The summed E-state index contributed by atoms with van der Waals surface area (Å²) in [5, 5.41) is 4.23.